The van der Waals surface area contributed by atoms with Crippen LogP contribution in [0.4, 0.5) is 0 Å². The molecule has 3 aromatic carbocycles. The third-order valence-corrected chi connectivity index (χ3v) is 5.13. The van der Waals surface area contributed by atoms with Gasteiger partial charge in [-0.15, -0.1) is 10.2 Å². The normalized spacial score (nSPS) is 11.1. The first-order valence-corrected chi connectivity index (χ1v) is 9.88. The first-order chi connectivity index (χ1) is 13.7. The van der Waals surface area contributed by atoms with Gasteiger partial charge in [-0.05, 0) is 35.6 Å². The van der Waals surface area contributed by atoms with E-state index in [4.69, 9.17) is 0 Å². The predicted octanol–water partition coefficient (Wildman–Crippen LogP) is 6.29. The van der Waals surface area contributed by atoms with Gasteiger partial charge in [0.15, 0.2) is 11.6 Å². The van der Waals surface area contributed by atoms with E-state index in [1.54, 1.807) is 0 Å². The summed E-state index contributed by atoms with van der Waals surface area (Å²) in [4.78, 5) is 0. The summed E-state index contributed by atoms with van der Waals surface area (Å²) in [5.74, 6) is 2.22. The quantitative estimate of drug-likeness (QED) is 0.415. The van der Waals surface area contributed by atoms with Crippen LogP contribution in [0.15, 0.2) is 78.9 Å². The number of benzene rings is 3. The second kappa shape index (κ2) is 7.81. The van der Waals surface area contributed by atoms with Crippen LogP contribution in [-0.2, 0) is 6.42 Å². The molecule has 0 bridgehead atoms. The lowest BCUT2D eigenvalue weighted by Crippen LogP contribution is -2.00. The zero-order valence-electron chi connectivity index (χ0n) is 16.6. The molecule has 0 saturated heterocycles. The Morgan fingerprint density at radius 2 is 1.25 bits per heavy atom. The van der Waals surface area contributed by atoms with Crippen LogP contribution < -0.4 is 0 Å². The Kier molecular flexibility index (Phi) is 5.07. The number of aryl methyl sites for hydroxylation is 1. The molecule has 0 spiro atoms. The summed E-state index contributed by atoms with van der Waals surface area (Å²) in [6, 6.07) is 27.6. The standard InChI is InChI=1S/C25H25N3/c1-4-19-10-12-21(13-11-19)24-26-27-25(28(24)23-8-6-5-7-9-23)22-16-14-20(15-17-22)18(2)3/h5-18H,4H2,1-3H3. The third-order valence-electron chi connectivity index (χ3n) is 5.13. The number of para-hydroxylation sites is 1. The van der Waals surface area contributed by atoms with Gasteiger partial charge in [0, 0.05) is 16.8 Å². The molecule has 0 unspecified atom stereocenters. The van der Waals surface area contributed by atoms with E-state index < -0.39 is 0 Å². The van der Waals surface area contributed by atoms with Gasteiger partial charge in [-0.25, -0.2) is 0 Å². The van der Waals surface area contributed by atoms with Gasteiger partial charge in [-0.2, -0.15) is 0 Å². The van der Waals surface area contributed by atoms with Crippen molar-refractivity contribution >= 4 is 0 Å². The van der Waals surface area contributed by atoms with E-state index in [0.29, 0.717) is 5.92 Å². The maximum atomic E-state index is 4.57. The van der Waals surface area contributed by atoms with Crippen LogP contribution in [0.3, 0.4) is 0 Å². The molecule has 0 aliphatic heterocycles. The number of aromatic nitrogens is 3. The van der Waals surface area contributed by atoms with Crippen molar-refractivity contribution in [1.29, 1.82) is 0 Å². The maximum Gasteiger partial charge on any atom is 0.168 e. The Morgan fingerprint density at radius 3 is 1.75 bits per heavy atom. The summed E-state index contributed by atoms with van der Waals surface area (Å²) in [6.45, 7) is 6.58. The van der Waals surface area contributed by atoms with Crippen molar-refractivity contribution in [2.75, 3.05) is 0 Å². The highest BCUT2D eigenvalue weighted by Crippen LogP contribution is 2.29. The molecule has 0 radical (unpaired) electrons. The van der Waals surface area contributed by atoms with Crippen LogP contribution in [0, 0.1) is 0 Å². The molecule has 0 fully saturated rings. The second-order valence-corrected chi connectivity index (χ2v) is 7.35. The Labute approximate surface area is 166 Å². The molecule has 1 aromatic heterocycles. The third kappa shape index (κ3) is 3.48. The number of hydrogen-bond acceptors (Lipinski definition) is 2. The summed E-state index contributed by atoms with van der Waals surface area (Å²) < 4.78 is 2.14. The van der Waals surface area contributed by atoms with Gasteiger partial charge in [0.2, 0.25) is 0 Å². The van der Waals surface area contributed by atoms with Gasteiger partial charge < -0.3 is 0 Å². The minimum absolute atomic E-state index is 0.508. The fourth-order valence-electron chi connectivity index (χ4n) is 3.39. The molecule has 0 aliphatic rings. The largest absolute Gasteiger partial charge is 0.275 e. The van der Waals surface area contributed by atoms with E-state index in [2.05, 4.69) is 96.2 Å². The molecule has 1 heterocycles. The highest BCUT2D eigenvalue weighted by Gasteiger charge is 2.17. The van der Waals surface area contributed by atoms with Crippen molar-refractivity contribution in [3.63, 3.8) is 0 Å². The average Bonchev–Trinajstić information content (AvgIpc) is 3.19. The van der Waals surface area contributed by atoms with Crippen LogP contribution in [0.2, 0.25) is 0 Å². The van der Waals surface area contributed by atoms with E-state index in [-0.39, 0.29) is 0 Å². The number of rotatable bonds is 5. The van der Waals surface area contributed by atoms with Crippen molar-refractivity contribution < 1.29 is 0 Å². The molecule has 4 rings (SSSR count). The van der Waals surface area contributed by atoms with Gasteiger partial charge in [0.1, 0.15) is 0 Å². The monoisotopic (exact) mass is 367 g/mol. The molecule has 0 N–H and O–H groups in total. The van der Waals surface area contributed by atoms with E-state index in [1.165, 1.54) is 11.1 Å². The summed E-state index contributed by atoms with van der Waals surface area (Å²) in [5.41, 5.74) is 5.84. The zero-order chi connectivity index (χ0) is 19.5. The van der Waals surface area contributed by atoms with Crippen LogP contribution in [-0.4, -0.2) is 14.8 Å². The molecule has 0 amide bonds. The number of hydrogen-bond donors (Lipinski definition) is 0. The van der Waals surface area contributed by atoms with E-state index in [9.17, 15) is 0 Å². The second-order valence-electron chi connectivity index (χ2n) is 7.35. The lowest BCUT2D eigenvalue weighted by atomic mass is 10.0. The van der Waals surface area contributed by atoms with E-state index in [1.807, 2.05) is 18.2 Å². The van der Waals surface area contributed by atoms with Gasteiger partial charge in [-0.1, -0.05) is 87.5 Å². The fourth-order valence-corrected chi connectivity index (χ4v) is 3.39. The Bertz CT molecular complexity index is 1040. The topological polar surface area (TPSA) is 30.7 Å². The average molecular weight is 367 g/mol. The molecule has 140 valence electrons. The Morgan fingerprint density at radius 1 is 0.714 bits per heavy atom. The number of nitrogens with zero attached hydrogens (tertiary/aromatic N) is 3. The van der Waals surface area contributed by atoms with Crippen molar-refractivity contribution in [3.8, 4) is 28.5 Å². The van der Waals surface area contributed by atoms with Crippen molar-refractivity contribution in [3.05, 3.63) is 90.0 Å². The predicted molar refractivity (Wildman–Crippen MR) is 116 cm³/mol. The molecule has 28 heavy (non-hydrogen) atoms. The van der Waals surface area contributed by atoms with Crippen LogP contribution in [0.5, 0.6) is 0 Å². The zero-order valence-corrected chi connectivity index (χ0v) is 16.6. The van der Waals surface area contributed by atoms with Crippen LogP contribution in [0.1, 0.15) is 37.8 Å². The lowest BCUT2D eigenvalue weighted by Gasteiger charge is -2.12. The van der Waals surface area contributed by atoms with Gasteiger partial charge in [0.05, 0.1) is 0 Å². The summed E-state index contributed by atoms with van der Waals surface area (Å²) in [6.07, 6.45) is 1.03. The SMILES string of the molecule is CCc1ccc(-c2nnc(-c3ccc(C(C)C)cc3)n2-c2ccccc2)cc1. The fraction of sp³-hybridized carbons (Fsp3) is 0.200. The molecular formula is C25H25N3. The smallest absolute Gasteiger partial charge is 0.168 e. The van der Waals surface area contributed by atoms with E-state index in [0.717, 1.165) is 34.9 Å². The van der Waals surface area contributed by atoms with Crippen molar-refractivity contribution in [2.24, 2.45) is 0 Å². The first kappa shape index (κ1) is 18.2. The molecule has 0 saturated carbocycles. The highest BCUT2D eigenvalue weighted by atomic mass is 15.3. The molecular weight excluding hydrogens is 342 g/mol. The van der Waals surface area contributed by atoms with Crippen molar-refractivity contribution in [2.45, 2.75) is 33.1 Å². The van der Waals surface area contributed by atoms with Gasteiger partial charge in [0.25, 0.3) is 0 Å². The summed E-state index contributed by atoms with van der Waals surface area (Å²) in [5, 5.41) is 9.13. The highest BCUT2D eigenvalue weighted by molar-refractivity contribution is 5.67. The van der Waals surface area contributed by atoms with Crippen LogP contribution >= 0.6 is 0 Å². The molecule has 0 atom stereocenters. The molecule has 3 nitrogen and oxygen atoms in total. The van der Waals surface area contributed by atoms with Gasteiger partial charge >= 0.3 is 0 Å². The molecule has 0 aliphatic carbocycles. The molecule has 3 heteroatoms. The maximum absolute atomic E-state index is 4.57. The summed E-state index contributed by atoms with van der Waals surface area (Å²) >= 11 is 0. The lowest BCUT2D eigenvalue weighted by molar-refractivity contribution is 0.866. The van der Waals surface area contributed by atoms with Crippen molar-refractivity contribution in [1.82, 2.24) is 14.8 Å². The van der Waals surface area contributed by atoms with E-state index >= 15 is 0 Å². The minimum atomic E-state index is 0.508. The van der Waals surface area contributed by atoms with Crippen LogP contribution in [0.25, 0.3) is 28.5 Å². The Balaban J connectivity index is 1.86. The molecule has 4 aromatic rings. The minimum Gasteiger partial charge on any atom is -0.275 e. The summed E-state index contributed by atoms with van der Waals surface area (Å²) in [7, 11) is 0. The van der Waals surface area contributed by atoms with Gasteiger partial charge in [-0.3, -0.25) is 4.57 Å². The first-order valence-electron chi connectivity index (χ1n) is 9.88. The Hall–Kier alpha value is -3.20.